The van der Waals surface area contributed by atoms with Crippen LogP contribution < -0.4 is 5.32 Å². The summed E-state index contributed by atoms with van der Waals surface area (Å²) in [7, 11) is 0. The lowest BCUT2D eigenvalue weighted by molar-refractivity contribution is -0.144. The Kier molecular flexibility index (Phi) is 5.52. The molecule has 0 aromatic rings. The van der Waals surface area contributed by atoms with Gasteiger partial charge in [0.05, 0.1) is 12.7 Å². The maximum Gasteiger partial charge on any atom is 0.213 e. The molecule has 0 aliphatic heterocycles. The third-order valence-electron chi connectivity index (χ3n) is 0.832. The van der Waals surface area contributed by atoms with Crippen molar-refractivity contribution < 1.29 is 14.9 Å². The predicted octanol–water partition coefficient (Wildman–Crippen LogP) is -0.731. The molecule has 4 nitrogen and oxygen atoms in total. The number of ether oxygens (including phenoxy) is 1. The third-order valence-corrected chi connectivity index (χ3v) is 0.832. The first-order valence-corrected chi connectivity index (χ1v) is 3.34. The summed E-state index contributed by atoms with van der Waals surface area (Å²) in [6, 6.07) is 0. The highest BCUT2D eigenvalue weighted by Gasteiger charge is 2.03. The molecule has 0 aromatic carbocycles. The topological polar surface area (TPSA) is 61.7 Å². The van der Waals surface area contributed by atoms with E-state index in [0.29, 0.717) is 6.54 Å². The van der Waals surface area contributed by atoms with E-state index in [1.54, 1.807) is 0 Å². The van der Waals surface area contributed by atoms with Gasteiger partial charge < -0.3 is 14.9 Å². The number of aliphatic hydroxyl groups is 2. The van der Waals surface area contributed by atoms with E-state index >= 15 is 0 Å². The summed E-state index contributed by atoms with van der Waals surface area (Å²) >= 11 is 0. The highest BCUT2D eigenvalue weighted by Crippen LogP contribution is 1.89. The van der Waals surface area contributed by atoms with Crippen molar-refractivity contribution in [2.75, 3.05) is 13.2 Å². The van der Waals surface area contributed by atoms with Gasteiger partial charge in [0, 0.05) is 6.54 Å². The van der Waals surface area contributed by atoms with Crippen molar-refractivity contribution in [2.24, 2.45) is 0 Å². The standard InChI is InChI=1S/C6H15NO3/c1-5(2)10-6(9)7-3-4-8/h5-9H,3-4H2,1-2H3. The van der Waals surface area contributed by atoms with Gasteiger partial charge in [0.1, 0.15) is 0 Å². The summed E-state index contributed by atoms with van der Waals surface area (Å²) in [5, 5.41) is 19.8. The van der Waals surface area contributed by atoms with E-state index in [0.717, 1.165) is 0 Å². The summed E-state index contributed by atoms with van der Waals surface area (Å²) in [6.07, 6.45) is -0.978. The lowest BCUT2D eigenvalue weighted by atomic mass is 10.5. The van der Waals surface area contributed by atoms with Crippen LogP contribution >= 0.6 is 0 Å². The van der Waals surface area contributed by atoms with Gasteiger partial charge in [0.2, 0.25) is 6.41 Å². The van der Waals surface area contributed by atoms with Crippen molar-refractivity contribution >= 4 is 0 Å². The van der Waals surface area contributed by atoms with Gasteiger partial charge in [-0.3, -0.25) is 5.32 Å². The second kappa shape index (κ2) is 5.61. The molecule has 1 unspecified atom stereocenters. The molecule has 0 saturated carbocycles. The van der Waals surface area contributed by atoms with Crippen LogP contribution in [0.3, 0.4) is 0 Å². The Bertz CT molecular complexity index is 77.4. The van der Waals surface area contributed by atoms with Gasteiger partial charge in [-0.2, -0.15) is 0 Å². The lowest BCUT2D eigenvalue weighted by Crippen LogP contribution is -2.35. The number of nitrogens with one attached hydrogen (secondary N) is 1. The van der Waals surface area contributed by atoms with Crippen LogP contribution in [-0.4, -0.2) is 35.9 Å². The van der Waals surface area contributed by atoms with Gasteiger partial charge in [0.15, 0.2) is 0 Å². The third kappa shape index (κ3) is 5.97. The fraction of sp³-hybridized carbons (Fsp3) is 1.00. The molecule has 10 heavy (non-hydrogen) atoms. The van der Waals surface area contributed by atoms with Crippen molar-refractivity contribution in [3.8, 4) is 0 Å². The summed E-state index contributed by atoms with van der Waals surface area (Å²) in [4.78, 5) is 0. The maximum absolute atomic E-state index is 8.91. The van der Waals surface area contributed by atoms with Crippen molar-refractivity contribution in [2.45, 2.75) is 26.4 Å². The molecular formula is C6H15NO3. The summed E-state index contributed by atoms with van der Waals surface area (Å²) in [5.74, 6) is 0. The summed E-state index contributed by atoms with van der Waals surface area (Å²) in [5.41, 5.74) is 0. The molecule has 0 fully saturated rings. The minimum Gasteiger partial charge on any atom is -0.395 e. The molecule has 0 spiro atoms. The second-order valence-electron chi connectivity index (χ2n) is 2.21. The van der Waals surface area contributed by atoms with E-state index in [1.165, 1.54) is 0 Å². The van der Waals surface area contributed by atoms with E-state index in [4.69, 9.17) is 14.9 Å². The zero-order valence-corrected chi connectivity index (χ0v) is 6.37. The second-order valence-corrected chi connectivity index (χ2v) is 2.21. The highest BCUT2D eigenvalue weighted by molar-refractivity contribution is 4.42. The molecule has 3 N–H and O–H groups in total. The number of aliphatic hydroxyl groups excluding tert-OH is 2. The molecule has 1 atom stereocenters. The van der Waals surface area contributed by atoms with E-state index < -0.39 is 6.41 Å². The molecule has 0 rings (SSSR count). The minimum atomic E-state index is -0.966. The van der Waals surface area contributed by atoms with Crippen LogP contribution in [0.15, 0.2) is 0 Å². The quantitative estimate of drug-likeness (QED) is 0.451. The van der Waals surface area contributed by atoms with Crippen LogP contribution in [0.2, 0.25) is 0 Å². The average molecular weight is 149 g/mol. The molecule has 0 bridgehead atoms. The zero-order valence-electron chi connectivity index (χ0n) is 6.37. The SMILES string of the molecule is CC(C)OC(O)NCCO. The first-order chi connectivity index (χ1) is 4.66. The molecular weight excluding hydrogens is 134 g/mol. The summed E-state index contributed by atoms with van der Waals surface area (Å²) < 4.78 is 4.89. The average Bonchev–Trinajstić information content (AvgIpc) is 1.82. The largest absolute Gasteiger partial charge is 0.395 e. The van der Waals surface area contributed by atoms with Gasteiger partial charge in [0.25, 0.3) is 0 Å². The Labute approximate surface area is 60.8 Å². The van der Waals surface area contributed by atoms with Crippen molar-refractivity contribution in [1.29, 1.82) is 0 Å². The summed E-state index contributed by atoms with van der Waals surface area (Å²) in [6.45, 7) is 3.99. The monoisotopic (exact) mass is 149 g/mol. The van der Waals surface area contributed by atoms with Gasteiger partial charge in [-0.15, -0.1) is 0 Å². The fourth-order valence-corrected chi connectivity index (χ4v) is 0.494. The number of rotatable bonds is 5. The van der Waals surface area contributed by atoms with E-state index in [1.807, 2.05) is 13.8 Å². The van der Waals surface area contributed by atoms with Gasteiger partial charge in [-0.1, -0.05) is 0 Å². The Morgan fingerprint density at radius 3 is 2.50 bits per heavy atom. The van der Waals surface area contributed by atoms with Gasteiger partial charge in [-0.25, -0.2) is 0 Å². The molecule has 4 heteroatoms. The molecule has 62 valence electrons. The van der Waals surface area contributed by atoms with Crippen LogP contribution in [0.5, 0.6) is 0 Å². The van der Waals surface area contributed by atoms with Crippen molar-refractivity contribution in [1.82, 2.24) is 5.32 Å². The van der Waals surface area contributed by atoms with Crippen LogP contribution in [0.1, 0.15) is 13.8 Å². The maximum atomic E-state index is 8.91. The molecule has 0 aromatic heterocycles. The zero-order chi connectivity index (χ0) is 7.98. The normalized spacial score (nSPS) is 14.1. The van der Waals surface area contributed by atoms with Crippen LogP contribution in [0.25, 0.3) is 0 Å². The smallest absolute Gasteiger partial charge is 0.213 e. The first-order valence-electron chi connectivity index (χ1n) is 3.34. The van der Waals surface area contributed by atoms with Crippen molar-refractivity contribution in [3.63, 3.8) is 0 Å². The predicted molar refractivity (Wildman–Crippen MR) is 37.3 cm³/mol. The number of hydrogen-bond acceptors (Lipinski definition) is 4. The fourth-order valence-electron chi connectivity index (χ4n) is 0.494. The molecule has 0 radical (unpaired) electrons. The Morgan fingerprint density at radius 2 is 2.10 bits per heavy atom. The molecule has 0 saturated heterocycles. The molecule has 0 heterocycles. The minimum absolute atomic E-state index is 0.00147. The molecule has 0 aliphatic rings. The van der Waals surface area contributed by atoms with Crippen LogP contribution in [0, 0.1) is 0 Å². The molecule has 0 aliphatic carbocycles. The van der Waals surface area contributed by atoms with E-state index in [2.05, 4.69) is 5.32 Å². The van der Waals surface area contributed by atoms with Crippen LogP contribution in [0.4, 0.5) is 0 Å². The van der Waals surface area contributed by atoms with E-state index in [9.17, 15) is 0 Å². The van der Waals surface area contributed by atoms with E-state index in [-0.39, 0.29) is 12.7 Å². The Balaban J connectivity index is 3.16. The Hall–Kier alpha value is -0.160. The Morgan fingerprint density at radius 1 is 1.50 bits per heavy atom. The first kappa shape index (κ1) is 9.84. The van der Waals surface area contributed by atoms with Crippen molar-refractivity contribution in [3.05, 3.63) is 0 Å². The van der Waals surface area contributed by atoms with Crippen LogP contribution in [-0.2, 0) is 4.74 Å². The number of hydrogen-bond donors (Lipinski definition) is 3. The van der Waals surface area contributed by atoms with Gasteiger partial charge in [-0.05, 0) is 13.8 Å². The lowest BCUT2D eigenvalue weighted by Gasteiger charge is -2.14. The molecule has 0 amide bonds. The van der Waals surface area contributed by atoms with Gasteiger partial charge >= 0.3 is 0 Å². The highest BCUT2D eigenvalue weighted by atomic mass is 16.6.